The number of benzene rings is 2. The van der Waals surface area contributed by atoms with Crippen molar-refractivity contribution in [1.29, 1.82) is 0 Å². The van der Waals surface area contributed by atoms with Gasteiger partial charge in [0.1, 0.15) is 17.7 Å². The zero-order valence-corrected chi connectivity index (χ0v) is 12.4. The van der Waals surface area contributed by atoms with Crippen molar-refractivity contribution in [2.75, 3.05) is 0 Å². The zero-order chi connectivity index (χ0) is 14.3. The average molecular weight is 335 g/mol. The Morgan fingerprint density at radius 3 is 2.95 bits per heavy atom. The fourth-order valence-electron chi connectivity index (χ4n) is 2.40. The maximum absolute atomic E-state index is 14.0. The Balaban J connectivity index is 2.00. The lowest BCUT2D eigenvalue weighted by Gasteiger charge is -2.06. The van der Waals surface area contributed by atoms with Crippen LogP contribution >= 0.6 is 15.9 Å². The molecule has 1 atom stereocenters. The second-order valence-electron chi connectivity index (χ2n) is 4.89. The molecule has 1 heterocycles. The quantitative estimate of drug-likeness (QED) is 0.771. The van der Waals surface area contributed by atoms with Crippen molar-refractivity contribution in [3.8, 4) is 5.75 Å². The third-order valence-electron chi connectivity index (χ3n) is 3.35. The van der Waals surface area contributed by atoms with Crippen molar-refractivity contribution in [2.45, 2.75) is 19.4 Å². The van der Waals surface area contributed by atoms with Gasteiger partial charge >= 0.3 is 0 Å². The molecule has 0 bridgehead atoms. The Labute approximate surface area is 124 Å². The molecule has 0 fully saturated rings. The van der Waals surface area contributed by atoms with Gasteiger partial charge in [0, 0.05) is 12.0 Å². The summed E-state index contributed by atoms with van der Waals surface area (Å²) in [5, 5.41) is 0. The molecule has 4 heteroatoms. The van der Waals surface area contributed by atoms with E-state index in [2.05, 4.69) is 15.9 Å². The lowest BCUT2D eigenvalue weighted by atomic mass is 9.99. The van der Waals surface area contributed by atoms with Crippen molar-refractivity contribution in [2.24, 2.45) is 0 Å². The Hall–Kier alpha value is -1.68. The first-order valence-electron chi connectivity index (χ1n) is 6.34. The van der Waals surface area contributed by atoms with Gasteiger partial charge in [-0.1, -0.05) is 6.07 Å². The van der Waals surface area contributed by atoms with Crippen molar-refractivity contribution in [3.63, 3.8) is 0 Å². The van der Waals surface area contributed by atoms with Gasteiger partial charge in [0.25, 0.3) is 0 Å². The van der Waals surface area contributed by atoms with Crippen molar-refractivity contribution in [1.82, 2.24) is 0 Å². The van der Waals surface area contributed by atoms with Gasteiger partial charge in [-0.2, -0.15) is 0 Å². The number of carbonyl (C=O) groups is 1. The molecular formula is C16H12BrFO2. The fourth-order valence-corrected chi connectivity index (χ4v) is 2.76. The van der Waals surface area contributed by atoms with Crippen molar-refractivity contribution < 1.29 is 13.9 Å². The molecule has 102 valence electrons. The molecule has 0 radical (unpaired) electrons. The van der Waals surface area contributed by atoms with Gasteiger partial charge < -0.3 is 4.74 Å². The summed E-state index contributed by atoms with van der Waals surface area (Å²) in [5.41, 5.74) is 1.56. The molecule has 1 aliphatic heterocycles. The summed E-state index contributed by atoms with van der Waals surface area (Å²) in [4.78, 5) is 12.4. The molecule has 1 unspecified atom stereocenters. The summed E-state index contributed by atoms with van der Waals surface area (Å²) in [7, 11) is 0. The van der Waals surface area contributed by atoms with Crippen LogP contribution < -0.4 is 4.74 Å². The number of hydrogen-bond donors (Lipinski definition) is 0. The lowest BCUT2D eigenvalue weighted by Crippen LogP contribution is -2.05. The van der Waals surface area contributed by atoms with Gasteiger partial charge in [0.15, 0.2) is 5.78 Å². The Morgan fingerprint density at radius 2 is 2.15 bits per heavy atom. The maximum Gasteiger partial charge on any atom is 0.196 e. The molecule has 3 rings (SSSR count). The highest BCUT2D eigenvalue weighted by atomic mass is 79.9. The summed E-state index contributed by atoms with van der Waals surface area (Å²) < 4.78 is 19.9. The number of hydrogen-bond acceptors (Lipinski definition) is 2. The number of rotatable bonds is 2. The van der Waals surface area contributed by atoms with Crippen LogP contribution in [0.2, 0.25) is 0 Å². The van der Waals surface area contributed by atoms with Crippen molar-refractivity contribution in [3.05, 3.63) is 63.4 Å². The molecule has 0 aliphatic carbocycles. The second-order valence-corrected chi connectivity index (χ2v) is 5.74. The molecular weight excluding hydrogens is 323 g/mol. The van der Waals surface area contributed by atoms with E-state index < -0.39 is 5.82 Å². The van der Waals surface area contributed by atoms with Crippen LogP contribution in [0.1, 0.15) is 28.4 Å². The van der Waals surface area contributed by atoms with Crippen LogP contribution in [0, 0.1) is 5.82 Å². The first kappa shape index (κ1) is 13.3. The van der Waals surface area contributed by atoms with Crippen LogP contribution in [-0.2, 0) is 6.42 Å². The van der Waals surface area contributed by atoms with Crippen molar-refractivity contribution >= 4 is 21.7 Å². The summed E-state index contributed by atoms with van der Waals surface area (Å²) >= 11 is 3.10. The van der Waals surface area contributed by atoms with E-state index in [1.165, 1.54) is 6.07 Å². The van der Waals surface area contributed by atoms with Crippen LogP contribution in [0.25, 0.3) is 0 Å². The summed E-state index contributed by atoms with van der Waals surface area (Å²) in [5.74, 6) is -0.0301. The third kappa shape index (κ3) is 2.24. The number of ketones is 1. The number of carbonyl (C=O) groups excluding carboxylic acids is 1. The van der Waals surface area contributed by atoms with Gasteiger partial charge in [-0.15, -0.1) is 0 Å². The first-order valence-corrected chi connectivity index (χ1v) is 7.14. The Kier molecular flexibility index (Phi) is 3.34. The molecule has 0 spiro atoms. The Morgan fingerprint density at radius 1 is 1.35 bits per heavy atom. The standard InChI is InChI=1S/C16H12BrFO2/c1-9-7-11-8-10(5-6-14(11)20-9)16(19)12-3-2-4-13(17)15(12)18/h2-6,8-9H,7H2,1H3. The highest BCUT2D eigenvalue weighted by molar-refractivity contribution is 9.10. The fraction of sp³-hybridized carbons (Fsp3) is 0.188. The second kappa shape index (κ2) is 5.02. The molecule has 0 saturated carbocycles. The van der Waals surface area contributed by atoms with Crippen LogP contribution in [0.5, 0.6) is 5.75 Å². The van der Waals surface area contributed by atoms with E-state index in [4.69, 9.17) is 4.74 Å². The highest BCUT2D eigenvalue weighted by Crippen LogP contribution is 2.30. The summed E-state index contributed by atoms with van der Waals surface area (Å²) in [6.45, 7) is 1.98. The van der Waals surface area contributed by atoms with Crippen LogP contribution in [-0.4, -0.2) is 11.9 Å². The zero-order valence-electron chi connectivity index (χ0n) is 10.8. The maximum atomic E-state index is 14.0. The van der Waals surface area contributed by atoms with Gasteiger partial charge in [0.2, 0.25) is 0 Å². The number of fused-ring (bicyclic) bond motifs is 1. The molecule has 2 aromatic rings. The number of ether oxygens (including phenoxy) is 1. The predicted molar refractivity (Wildman–Crippen MR) is 77.8 cm³/mol. The predicted octanol–water partition coefficient (Wildman–Crippen LogP) is 4.14. The monoisotopic (exact) mass is 334 g/mol. The van der Waals surface area contributed by atoms with E-state index in [0.29, 0.717) is 10.0 Å². The van der Waals surface area contributed by atoms with E-state index in [9.17, 15) is 9.18 Å². The first-order chi connectivity index (χ1) is 9.56. The smallest absolute Gasteiger partial charge is 0.196 e. The number of halogens is 2. The van der Waals surface area contributed by atoms with Gasteiger partial charge in [-0.3, -0.25) is 4.79 Å². The van der Waals surface area contributed by atoms with E-state index in [-0.39, 0.29) is 17.5 Å². The molecule has 0 amide bonds. The van der Waals surface area contributed by atoms with E-state index >= 15 is 0 Å². The summed E-state index contributed by atoms with van der Waals surface area (Å²) in [6, 6.07) is 9.97. The minimum atomic E-state index is -0.525. The molecule has 2 nitrogen and oxygen atoms in total. The molecule has 0 N–H and O–H groups in total. The summed E-state index contributed by atoms with van der Waals surface area (Å²) in [6.07, 6.45) is 0.898. The van der Waals surface area contributed by atoms with Crippen LogP contribution in [0.15, 0.2) is 40.9 Å². The van der Waals surface area contributed by atoms with Crippen LogP contribution in [0.4, 0.5) is 4.39 Å². The minimum absolute atomic E-state index is 0.0753. The third-order valence-corrected chi connectivity index (χ3v) is 3.97. The molecule has 0 saturated heterocycles. The normalized spacial score (nSPS) is 16.6. The lowest BCUT2D eigenvalue weighted by molar-refractivity contribution is 0.103. The Bertz CT molecular complexity index is 697. The minimum Gasteiger partial charge on any atom is -0.490 e. The largest absolute Gasteiger partial charge is 0.490 e. The average Bonchev–Trinajstić information content (AvgIpc) is 2.80. The van der Waals surface area contributed by atoms with Gasteiger partial charge in [0.05, 0.1) is 10.0 Å². The van der Waals surface area contributed by atoms with Crippen LogP contribution in [0.3, 0.4) is 0 Å². The van der Waals surface area contributed by atoms with E-state index in [1.54, 1.807) is 30.3 Å². The van der Waals surface area contributed by atoms with Gasteiger partial charge in [-0.05, 0) is 58.7 Å². The van der Waals surface area contributed by atoms with E-state index in [1.807, 2.05) is 6.92 Å². The molecule has 20 heavy (non-hydrogen) atoms. The molecule has 2 aromatic carbocycles. The van der Waals surface area contributed by atoms with E-state index in [0.717, 1.165) is 17.7 Å². The topological polar surface area (TPSA) is 26.3 Å². The van der Waals surface area contributed by atoms with Gasteiger partial charge in [-0.25, -0.2) is 4.39 Å². The molecule has 1 aliphatic rings. The SMILES string of the molecule is CC1Cc2cc(C(=O)c3cccc(Br)c3F)ccc2O1. The highest BCUT2D eigenvalue weighted by Gasteiger charge is 2.22. The molecule has 0 aromatic heterocycles.